The lowest BCUT2D eigenvalue weighted by Crippen LogP contribution is -2.17. The highest BCUT2D eigenvalue weighted by Gasteiger charge is 2.33. The van der Waals surface area contributed by atoms with Crippen molar-refractivity contribution in [2.45, 2.75) is 52.4 Å². The van der Waals surface area contributed by atoms with Gasteiger partial charge in [-0.3, -0.25) is 0 Å². The molecule has 0 saturated heterocycles. The lowest BCUT2D eigenvalue weighted by atomic mass is 9.72. The maximum atomic E-state index is 2.52. The van der Waals surface area contributed by atoms with Crippen LogP contribution in [0.4, 0.5) is 34.1 Å². The molecule has 0 heterocycles. The molecule has 0 amide bonds. The molecule has 0 saturated carbocycles. The van der Waals surface area contributed by atoms with E-state index in [-0.39, 0.29) is 10.8 Å². The van der Waals surface area contributed by atoms with Gasteiger partial charge in [0.15, 0.2) is 0 Å². The number of anilines is 6. The van der Waals surface area contributed by atoms with Gasteiger partial charge in [-0.05, 0) is 126 Å². The first-order chi connectivity index (χ1) is 27.1. The predicted molar refractivity (Wildman–Crippen MR) is 243 cm³/mol. The van der Waals surface area contributed by atoms with Gasteiger partial charge in [-0.2, -0.15) is 0 Å². The van der Waals surface area contributed by atoms with Gasteiger partial charge in [0.2, 0.25) is 0 Å². The molecule has 0 radical (unpaired) electrons. The van der Waals surface area contributed by atoms with E-state index in [1.165, 1.54) is 76.4 Å². The molecule has 2 heteroatoms. The molecule has 0 fully saturated rings. The normalized spacial score (nSPS) is 12.5. The zero-order valence-corrected chi connectivity index (χ0v) is 33.1. The Morgan fingerprint density at radius 2 is 0.571 bits per heavy atom. The highest BCUT2D eigenvalue weighted by molar-refractivity contribution is 6.41. The smallest absolute Gasteiger partial charge is 0.0546 e. The minimum Gasteiger partial charge on any atom is -0.310 e. The summed E-state index contributed by atoms with van der Waals surface area (Å²) >= 11 is 0. The van der Waals surface area contributed by atoms with Crippen LogP contribution in [-0.4, -0.2) is 0 Å². The lowest BCUT2D eigenvalue weighted by molar-refractivity contribution is 0.600. The van der Waals surface area contributed by atoms with E-state index in [0.717, 1.165) is 22.7 Å². The van der Waals surface area contributed by atoms with Crippen molar-refractivity contribution in [3.05, 3.63) is 181 Å². The Balaban J connectivity index is 1.46. The van der Waals surface area contributed by atoms with Gasteiger partial charge in [0, 0.05) is 33.5 Å². The summed E-state index contributed by atoms with van der Waals surface area (Å²) < 4.78 is 0. The molecule has 0 aliphatic heterocycles. The van der Waals surface area contributed by atoms with Gasteiger partial charge in [-0.1, -0.05) is 151 Å². The molecule has 2 nitrogen and oxygen atoms in total. The molecule has 0 aliphatic rings. The monoisotopic (exact) mass is 722 g/mol. The number of rotatable bonds is 6. The standard InChI is InChI=1S/C54H46N2/c1-53(2,3)51-41-31-19-29-39-46(56(37-25-15-9-16-26-37)38-27-17-10-18-28-38)34-44-50(47(39)41)49-43(51)33-45(40-30-20-32-42(48(40)49)52(44)54(4,5)6)55(35-21-11-7-12-22-35)36-23-13-8-14-24-36/h7-34H,1-6H3. The van der Waals surface area contributed by atoms with Gasteiger partial charge in [0.05, 0.1) is 11.4 Å². The second kappa shape index (κ2) is 12.6. The van der Waals surface area contributed by atoms with Crippen LogP contribution in [0.3, 0.4) is 0 Å². The molecule has 56 heavy (non-hydrogen) atoms. The molecular weight excluding hydrogens is 677 g/mol. The van der Waals surface area contributed by atoms with Gasteiger partial charge in [0.25, 0.3) is 0 Å². The molecule has 10 aromatic rings. The zero-order chi connectivity index (χ0) is 38.3. The fraction of sp³-hybridized carbons (Fsp3) is 0.148. The summed E-state index contributed by atoms with van der Waals surface area (Å²) in [5, 5.41) is 13.3. The summed E-state index contributed by atoms with van der Waals surface area (Å²) in [6.45, 7) is 14.3. The average Bonchev–Trinajstić information content (AvgIpc) is 3.20. The summed E-state index contributed by atoms with van der Waals surface area (Å²) in [6.07, 6.45) is 0. The fourth-order valence-electron chi connectivity index (χ4n) is 9.68. The molecule has 0 N–H and O–H groups in total. The Kier molecular flexibility index (Phi) is 7.67. The van der Waals surface area contributed by atoms with Crippen molar-refractivity contribution >= 4 is 88.0 Å². The summed E-state index contributed by atoms with van der Waals surface area (Å²) in [4.78, 5) is 4.92. The third-order valence-corrected chi connectivity index (χ3v) is 11.6. The van der Waals surface area contributed by atoms with Crippen LogP contribution in [0.2, 0.25) is 0 Å². The second-order valence-electron chi connectivity index (χ2n) is 17.4. The van der Waals surface area contributed by atoms with Crippen molar-refractivity contribution in [3.63, 3.8) is 0 Å². The highest BCUT2D eigenvalue weighted by Crippen LogP contribution is 2.56. The lowest BCUT2D eigenvalue weighted by Gasteiger charge is -2.35. The first-order valence-corrected chi connectivity index (χ1v) is 19.9. The van der Waals surface area contributed by atoms with E-state index in [0.29, 0.717) is 0 Å². The Bertz CT molecular complexity index is 2720. The SMILES string of the molecule is CC(C)(C)c1c2cccc3c(N(c4ccccc4)c4ccccc4)cc4c(C(C)(C)C)c5cccc6c(N(c7ccccc7)c7ccccc7)cc1c(c65)c4c32. The number of nitrogens with zero attached hydrogens (tertiary/aromatic N) is 2. The fourth-order valence-corrected chi connectivity index (χ4v) is 9.68. The summed E-state index contributed by atoms with van der Waals surface area (Å²) in [5.74, 6) is 0. The minimum absolute atomic E-state index is 0.157. The van der Waals surface area contributed by atoms with E-state index in [9.17, 15) is 0 Å². The molecule has 10 aromatic carbocycles. The van der Waals surface area contributed by atoms with Crippen LogP contribution in [-0.2, 0) is 10.8 Å². The van der Waals surface area contributed by atoms with Crippen LogP contribution in [0.1, 0.15) is 52.7 Å². The van der Waals surface area contributed by atoms with Crippen molar-refractivity contribution < 1.29 is 0 Å². The maximum Gasteiger partial charge on any atom is 0.0546 e. The highest BCUT2D eigenvalue weighted by atomic mass is 15.1. The Hall–Kier alpha value is -6.38. The topological polar surface area (TPSA) is 6.48 Å². The third kappa shape index (κ3) is 5.16. The van der Waals surface area contributed by atoms with Crippen molar-refractivity contribution in [3.8, 4) is 0 Å². The van der Waals surface area contributed by atoms with Gasteiger partial charge in [-0.15, -0.1) is 0 Å². The summed E-state index contributed by atoms with van der Waals surface area (Å²) in [6, 6.07) is 62.5. The van der Waals surface area contributed by atoms with Gasteiger partial charge in [-0.25, -0.2) is 0 Å². The number of hydrogen-bond acceptors (Lipinski definition) is 2. The van der Waals surface area contributed by atoms with Gasteiger partial charge in [0.1, 0.15) is 0 Å². The van der Waals surface area contributed by atoms with Crippen LogP contribution >= 0.6 is 0 Å². The Labute approximate surface area is 329 Å². The first-order valence-electron chi connectivity index (χ1n) is 19.9. The Morgan fingerprint density at radius 1 is 0.286 bits per heavy atom. The van der Waals surface area contributed by atoms with Crippen molar-refractivity contribution in [1.82, 2.24) is 0 Å². The van der Waals surface area contributed by atoms with E-state index in [4.69, 9.17) is 0 Å². The molecule has 0 aliphatic carbocycles. The molecule has 0 aromatic heterocycles. The number of para-hydroxylation sites is 4. The molecule has 0 atom stereocenters. The summed E-state index contributed by atoms with van der Waals surface area (Å²) in [5.41, 5.74) is 9.43. The maximum absolute atomic E-state index is 2.52. The Morgan fingerprint density at radius 3 is 0.857 bits per heavy atom. The first kappa shape index (κ1) is 34.1. The zero-order valence-electron chi connectivity index (χ0n) is 33.1. The van der Waals surface area contributed by atoms with Crippen LogP contribution in [0.5, 0.6) is 0 Å². The molecule has 0 bridgehead atoms. The largest absolute Gasteiger partial charge is 0.310 e. The van der Waals surface area contributed by atoms with Crippen molar-refractivity contribution in [1.29, 1.82) is 0 Å². The molecule has 0 unspecified atom stereocenters. The van der Waals surface area contributed by atoms with Gasteiger partial charge < -0.3 is 9.80 Å². The quantitative estimate of drug-likeness (QED) is 0.125. The van der Waals surface area contributed by atoms with Crippen LogP contribution in [0.15, 0.2) is 170 Å². The molecule has 272 valence electrons. The van der Waals surface area contributed by atoms with Crippen molar-refractivity contribution in [2.24, 2.45) is 0 Å². The number of hydrogen-bond donors (Lipinski definition) is 0. The van der Waals surface area contributed by atoms with Gasteiger partial charge >= 0.3 is 0 Å². The molecular formula is C54H46N2. The second-order valence-corrected chi connectivity index (χ2v) is 17.4. The average molecular weight is 723 g/mol. The minimum atomic E-state index is -0.157. The van der Waals surface area contributed by atoms with Crippen LogP contribution in [0.25, 0.3) is 53.9 Å². The summed E-state index contributed by atoms with van der Waals surface area (Å²) in [7, 11) is 0. The van der Waals surface area contributed by atoms with E-state index in [2.05, 4.69) is 221 Å². The molecule has 0 spiro atoms. The van der Waals surface area contributed by atoms with Crippen LogP contribution < -0.4 is 9.80 Å². The number of benzene rings is 10. The van der Waals surface area contributed by atoms with E-state index in [1.54, 1.807) is 0 Å². The van der Waals surface area contributed by atoms with Crippen LogP contribution in [0, 0.1) is 0 Å². The predicted octanol–water partition coefficient (Wildman–Crippen LogP) is 15.9. The van der Waals surface area contributed by atoms with E-state index < -0.39 is 0 Å². The third-order valence-electron chi connectivity index (χ3n) is 11.6. The van der Waals surface area contributed by atoms with Crippen molar-refractivity contribution in [2.75, 3.05) is 9.80 Å². The van der Waals surface area contributed by atoms with E-state index >= 15 is 0 Å². The van der Waals surface area contributed by atoms with E-state index in [1.807, 2.05) is 0 Å². The molecule has 10 rings (SSSR count).